The third-order valence-electron chi connectivity index (χ3n) is 0.408. The van der Waals surface area contributed by atoms with Crippen LogP contribution in [0, 0.1) is 0 Å². The molecule has 10 heavy (non-hydrogen) atoms. The first kappa shape index (κ1) is 11.0. The molecule has 0 spiro atoms. The first-order valence-corrected chi connectivity index (χ1v) is 4.79. The van der Waals surface area contributed by atoms with Crippen molar-refractivity contribution in [3.05, 3.63) is 0 Å². The third-order valence-corrected chi connectivity index (χ3v) is 2.24. The lowest BCUT2D eigenvalue weighted by Gasteiger charge is -2.16. The summed E-state index contributed by atoms with van der Waals surface area (Å²) in [5.41, 5.74) is 0. The summed E-state index contributed by atoms with van der Waals surface area (Å²) >= 11 is 15.3. The van der Waals surface area contributed by atoms with Crippen molar-refractivity contribution in [1.82, 2.24) is 0 Å². The lowest BCUT2D eigenvalue weighted by Crippen LogP contribution is -2.17. The van der Waals surface area contributed by atoms with Crippen molar-refractivity contribution in [2.24, 2.45) is 0 Å². The van der Waals surface area contributed by atoms with Gasteiger partial charge in [-0.05, 0) is 0 Å². The van der Waals surface area contributed by atoms with Crippen molar-refractivity contribution < 1.29 is 18.9 Å². The minimum Gasteiger partial charge on any atom is -0.303 e. The van der Waals surface area contributed by atoms with Crippen LogP contribution in [0.2, 0.25) is 0 Å². The molecule has 4 nitrogen and oxygen atoms in total. The summed E-state index contributed by atoms with van der Waals surface area (Å²) < 4.78 is 11.9. The van der Waals surface area contributed by atoms with Gasteiger partial charge in [-0.3, -0.25) is 0 Å². The van der Waals surface area contributed by atoms with Gasteiger partial charge in [0.2, 0.25) is 4.52 Å². The van der Waals surface area contributed by atoms with E-state index in [4.69, 9.17) is 44.6 Å². The van der Waals surface area contributed by atoms with E-state index in [1.807, 2.05) is 0 Å². The van der Waals surface area contributed by atoms with Crippen LogP contribution in [0.5, 0.6) is 0 Å². The van der Waals surface area contributed by atoms with E-state index in [1.54, 1.807) is 0 Å². The Morgan fingerprint density at radius 1 is 1.50 bits per heavy atom. The van der Waals surface area contributed by atoms with E-state index in [9.17, 15) is 4.57 Å². The summed E-state index contributed by atoms with van der Waals surface area (Å²) in [6, 6.07) is 0. The van der Waals surface area contributed by atoms with Crippen LogP contribution in [0.3, 0.4) is 0 Å². The molecule has 62 valence electrons. The van der Waals surface area contributed by atoms with E-state index in [2.05, 4.69) is 4.52 Å². The van der Waals surface area contributed by atoms with Crippen LogP contribution in [0.4, 0.5) is 0 Å². The van der Waals surface area contributed by atoms with Gasteiger partial charge in [0.15, 0.2) is 0 Å². The van der Waals surface area contributed by atoms with Crippen LogP contribution in [0.25, 0.3) is 0 Å². The number of alkyl halides is 3. The Kier molecular flexibility index (Phi) is 3.94. The normalized spacial score (nSPS) is 13.7. The molecule has 0 saturated carbocycles. The average molecular weight is 229 g/mol. The molecule has 0 aliphatic carbocycles. The molecule has 0 bridgehead atoms. The van der Waals surface area contributed by atoms with Gasteiger partial charge in [0, 0.05) is 0 Å². The van der Waals surface area contributed by atoms with Crippen LogP contribution in [0.15, 0.2) is 0 Å². The molecule has 0 fully saturated rings. The Balaban J connectivity index is 4.02. The van der Waals surface area contributed by atoms with Gasteiger partial charge in [-0.15, -0.1) is 11.6 Å². The van der Waals surface area contributed by atoms with E-state index in [0.29, 0.717) is 0 Å². The molecule has 0 aromatic heterocycles. The van der Waals surface area contributed by atoms with Gasteiger partial charge < -0.3 is 9.79 Å². The molecular weight excluding hydrogens is 225 g/mol. The molecule has 0 heterocycles. The van der Waals surface area contributed by atoms with Crippen LogP contribution < -0.4 is 0 Å². The molecule has 2 N–H and O–H groups in total. The average Bonchev–Trinajstić information content (AvgIpc) is 1.60. The van der Waals surface area contributed by atoms with E-state index in [-0.39, 0.29) is 0 Å². The maximum atomic E-state index is 10.1. The molecule has 0 radical (unpaired) electrons. The molecule has 0 aromatic rings. The third kappa shape index (κ3) is 5.74. The van der Waals surface area contributed by atoms with Gasteiger partial charge in [-0.2, -0.15) is 0 Å². The molecule has 0 aliphatic rings. The van der Waals surface area contributed by atoms with Crippen molar-refractivity contribution in [3.8, 4) is 0 Å². The fourth-order valence-electron chi connectivity index (χ4n) is 0.198. The van der Waals surface area contributed by atoms with Crippen LogP contribution in [-0.2, 0) is 9.09 Å². The minimum atomic E-state index is -4.65. The van der Waals surface area contributed by atoms with Gasteiger partial charge in [0.25, 0.3) is 0 Å². The van der Waals surface area contributed by atoms with Crippen molar-refractivity contribution in [1.29, 1.82) is 0 Å². The van der Waals surface area contributed by atoms with Crippen molar-refractivity contribution >= 4 is 42.6 Å². The standard InChI is InChI=1S/C2H4Cl3O4P/c3-1-2(4,5)9-10(6,7)8/h1H2,(H2,6,7,8). The van der Waals surface area contributed by atoms with Crippen molar-refractivity contribution in [2.75, 3.05) is 5.88 Å². The summed E-state index contributed by atoms with van der Waals surface area (Å²) in [5, 5.41) is 0. The Morgan fingerprint density at radius 2 is 1.90 bits per heavy atom. The van der Waals surface area contributed by atoms with Gasteiger partial charge in [-0.1, -0.05) is 23.2 Å². The predicted octanol–water partition coefficient (Wildman–Crippen LogP) is 1.47. The summed E-state index contributed by atoms with van der Waals surface area (Å²) in [7, 11) is -4.65. The largest absolute Gasteiger partial charge is 0.472 e. The Bertz CT molecular complexity index is 153. The van der Waals surface area contributed by atoms with E-state index >= 15 is 0 Å². The van der Waals surface area contributed by atoms with Crippen LogP contribution in [-0.4, -0.2) is 20.2 Å². The highest BCUT2D eigenvalue weighted by atomic mass is 35.5. The second-order valence-corrected chi connectivity index (χ2v) is 4.20. The van der Waals surface area contributed by atoms with Gasteiger partial charge in [0.1, 0.15) is 0 Å². The maximum absolute atomic E-state index is 10.1. The zero-order valence-corrected chi connectivity index (χ0v) is 7.66. The molecule has 0 aromatic carbocycles. The molecule has 0 saturated heterocycles. The first-order chi connectivity index (χ1) is 4.27. The quantitative estimate of drug-likeness (QED) is 0.568. The first-order valence-electron chi connectivity index (χ1n) is 1.97. The van der Waals surface area contributed by atoms with Crippen molar-refractivity contribution in [2.45, 2.75) is 4.52 Å². The molecule has 0 rings (SSSR count). The molecule has 0 atom stereocenters. The van der Waals surface area contributed by atoms with Gasteiger partial charge in [-0.25, -0.2) is 9.09 Å². The Labute approximate surface area is 72.3 Å². The summed E-state index contributed by atoms with van der Waals surface area (Å²) in [6.45, 7) is 0. The van der Waals surface area contributed by atoms with Crippen LogP contribution >= 0.6 is 42.6 Å². The minimum absolute atomic E-state index is 0.429. The number of rotatable bonds is 3. The van der Waals surface area contributed by atoms with Gasteiger partial charge in [0.05, 0.1) is 5.88 Å². The number of phosphoric ester groups is 1. The SMILES string of the molecule is O=P(O)(O)OC(Cl)(Cl)CCl. The van der Waals surface area contributed by atoms with E-state index < -0.39 is 18.2 Å². The van der Waals surface area contributed by atoms with Crippen LogP contribution in [0.1, 0.15) is 0 Å². The summed E-state index contributed by atoms with van der Waals surface area (Å²) in [4.78, 5) is 16.3. The topological polar surface area (TPSA) is 66.8 Å². The lowest BCUT2D eigenvalue weighted by molar-refractivity contribution is 0.168. The highest BCUT2D eigenvalue weighted by Crippen LogP contribution is 2.45. The second-order valence-electron chi connectivity index (χ2n) is 1.35. The van der Waals surface area contributed by atoms with Gasteiger partial charge >= 0.3 is 7.82 Å². The predicted molar refractivity (Wildman–Crippen MR) is 38.3 cm³/mol. The number of phosphoric acid groups is 1. The highest BCUT2D eigenvalue weighted by Gasteiger charge is 2.32. The number of hydrogen-bond donors (Lipinski definition) is 2. The smallest absolute Gasteiger partial charge is 0.303 e. The van der Waals surface area contributed by atoms with E-state index in [0.717, 1.165) is 0 Å². The maximum Gasteiger partial charge on any atom is 0.472 e. The second kappa shape index (κ2) is 3.59. The van der Waals surface area contributed by atoms with E-state index in [1.165, 1.54) is 0 Å². The Morgan fingerprint density at radius 3 is 2.00 bits per heavy atom. The monoisotopic (exact) mass is 228 g/mol. The lowest BCUT2D eigenvalue weighted by atomic mass is 10.8. The van der Waals surface area contributed by atoms with Crippen molar-refractivity contribution in [3.63, 3.8) is 0 Å². The molecule has 0 amide bonds. The molecular formula is C2H4Cl3O4P. The summed E-state index contributed by atoms with van der Waals surface area (Å²) in [6.07, 6.45) is 0. The zero-order chi connectivity index (χ0) is 8.41. The Hall–Kier alpha value is 0.980. The highest BCUT2D eigenvalue weighted by molar-refractivity contribution is 7.46. The molecule has 0 unspecified atom stereocenters. The number of halogens is 3. The molecule has 0 aliphatic heterocycles. The zero-order valence-electron chi connectivity index (χ0n) is 4.50. The molecule has 8 heteroatoms. The number of hydrogen-bond acceptors (Lipinski definition) is 2. The fourth-order valence-corrected chi connectivity index (χ4v) is 1.28. The fraction of sp³-hybridized carbons (Fsp3) is 1.00. The summed E-state index contributed by atoms with van der Waals surface area (Å²) in [5.74, 6) is -0.429.